The van der Waals surface area contributed by atoms with Gasteiger partial charge in [-0.15, -0.1) is 0 Å². The van der Waals surface area contributed by atoms with Crippen LogP contribution >= 0.6 is 0 Å². The van der Waals surface area contributed by atoms with E-state index in [2.05, 4.69) is 11.8 Å². The van der Waals surface area contributed by atoms with Crippen LogP contribution in [0.5, 0.6) is 5.75 Å². The van der Waals surface area contributed by atoms with E-state index in [4.69, 9.17) is 13.9 Å². The lowest BCUT2D eigenvalue weighted by atomic mass is 9.91. The van der Waals surface area contributed by atoms with E-state index in [0.29, 0.717) is 0 Å². The van der Waals surface area contributed by atoms with Crippen molar-refractivity contribution in [2.45, 2.75) is 44.8 Å². The Balaban J connectivity index is 2.16. The molecule has 3 rings (SSSR count). The van der Waals surface area contributed by atoms with Gasteiger partial charge in [-0.2, -0.15) is 0 Å². The van der Waals surface area contributed by atoms with Gasteiger partial charge in [0.05, 0.1) is 18.8 Å². The first-order valence-corrected chi connectivity index (χ1v) is 8.51. The van der Waals surface area contributed by atoms with E-state index in [1.807, 2.05) is 24.3 Å². The summed E-state index contributed by atoms with van der Waals surface area (Å²) in [5.41, 5.74) is 1.70. The van der Waals surface area contributed by atoms with Crippen LogP contribution in [0.3, 0.4) is 0 Å². The maximum absolute atomic E-state index is 10.0. The fourth-order valence-corrected chi connectivity index (χ4v) is 3.13. The van der Waals surface area contributed by atoms with Gasteiger partial charge in [-0.05, 0) is 51.0 Å². The number of methoxy groups -OCH3 is 2. The van der Waals surface area contributed by atoms with Gasteiger partial charge in [0.1, 0.15) is 22.9 Å². The zero-order valence-corrected chi connectivity index (χ0v) is 15.2. The van der Waals surface area contributed by atoms with Crippen LogP contribution in [0.1, 0.15) is 49.7 Å². The standard InChI is InChI=1S/C21H24O4/c1-21(2,22)13-12-16-19-17(24-4)6-5-7-18(19)25-20(16)14-8-10-15(23-3)11-9-14/h8-11,17,22H,5-7H2,1-4H3. The highest BCUT2D eigenvalue weighted by Gasteiger charge is 2.30. The van der Waals surface area contributed by atoms with Crippen molar-refractivity contribution >= 4 is 0 Å². The molecule has 1 aliphatic rings. The highest BCUT2D eigenvalue weighted by Crippen LogP contribution is 2.41. The van der Waals surface area contributed by atoms with Crippen molar-refractivity contribution in [3.05, 3.63) is 41.2 Å². The summed E-state index contributed by atoms with van der Waals surface area (Å²) in [4.78, 5) is 0. The van der Waals surface area contributed by atoms with Crippen molar-refractivity contribution in [1.82, 2.24) is 0 Å². The van der Waals surface area contributed by atoms with E-state index in [1.165, 1.54) is 0 Å². The second-order valence-electron chi connectivity index (χ2n) is 6.80. The van der Waals surface area contributed by atoms with E-state index in [9.17, 15) is 5.11 Å². The molecule has 0 saturated heterocycles. The third kappa shape index (κ3) is 3.73. The van der Waals surface area contributed by atoms with Crippen LogP contribution < -0.4 is 4.74 Å². The fourth-order valence-electron chi connectivity index (χ4n) is 3.13. The van der Waals surface area contributed by atoms with E-state index in [0.717, 1.165) is 53.2 Å². The monoisotopic (exact) mass is 340 g/mol. The number of fused-ring (bicyclic) bond motifs is 1. The maximum atomic E-state index is 10.0. The Morgan fingerprint density at radius 3 is 2.52 bits per heavy atom. The van der Waals surface area contributed by atoms with Gasteiger partial charge >= 0.3 is 0 Å². The largest absolute Gasteiger partial charge is 0.497 e. The molecular formula is C21H24O4. The molecule has 1 atom stereocenters. The molecule has 0 radical (unpaired) electrons. The lowest BCUT2D eigenvalue weighted by Crippen LogP contribution is -2.15. The van der Waals surface area contributed by atoms with Gasteiger partial charge in [0.2, 0.25) is 0 Å². The SMILES string of the molecule is COc1ccc(-c2oc3c(c2C#CC(C)(C)O)C(OC)CCC3)cc1. The summed E-state index contributed by atoms with van der Waals surface area (Å²) in [6.45, 7) is 3.35. The minimum atomic E-state index is -1.07. The summed E-state index contributed by atoms with van der Waals surface area (Å²) in [5, 5.41) is 10.0. The molecule has 1 N–H and O–H groups in total. The van der Waals surface area contributed by atoms with Gasteiger partial charge in [-0.25, -0.2) is 0 Å². The second kappa shape index (κ2) is 6.95. The number of benzene rings is 1. The highest BCUT2D eigenvalue weighted by molar-refractivity contribution is 5.70. The molecule has 25 heavy (non-hydrogen) atoms. The van der Waals surface area contributed by atoms with Crippen molar-refractivity contribution in [3.8, 4) is 28.9 Å². The van der Waals surface area contributed by atoms with Gasteiger partial charge in [0, 0.05) is 24.7 Å². The van der Waals surface area contributed by atoms with Crippen molar-refractivity contribution in [3.63, 3.8) is 0 Å². The second-order valence-corrected chi connectivity index (χ2v) is 6.80. The van der Waals surface area contributed by atoms with Crippen LogP contribution in [0, 0.1) is 11.8 Å². The van der Waals surface area contributed by atoms with Crippen LogP contribution in [0.25, 0.3) is 11.3 Å². The molecule has 1 aromatic carbocycles. The predicted octanol–water partition coefficient (Wildman–Crippen LogP) is 4.10. The number of ether oxygens (including phenoxy) is 2. The van der Waals surface area contributed by atoms with Crippen molar-refractivity contribution in [2.24, 2.45) is 0 Å². The van der Waals surface area contributed by atoms with Crippen LogP contribution in [-0.2, 0) is 11.2 Å². The molecule has 1 unspecified atom stereocenters. The summed E-state index contributed by atoms with van der Waals surface area (Å²) in [5.74, 6) is 8.52. The zero-order valence-electron chi connectivity index (χ0n) is 15.2. The van der Waals surface area contributed by atoms with E-state index < -0.39 is 5.60 Å². The van der Waals surface area contributed by atoms with Crippen molar-refractivity contribution < 1.29 is 19.0 Å². The molecule has 0 bridgehead atoms. The third-order valence-electron chi connectivity index (χ3n) is 4.34. The Hall–Kier alpha value is -2.22. The zero-order chi connectivity index (χ0) is 18.0. The summed E-state index contributed by atoms with van der Waals surface area (Å²) >= 11 is 0. The first-order chi connectivity index (χ1) is 11.9. The van der Waals surface area contributed by atoms with Gasteiger partial charge in [0.25, 0.3) is 0 Å². The average Bonchev–Trinajstić information content (AvgIpc) is 2.98. The molecule has 1 aromatic heterocycles. The normalized spacial score (nSPS) is 16.8. The van der Waals surface area contributed by atoms with Gasteiger partial charge in [-0.1, -0.05) is 11.8 Å². The van der Waals surface area contributed by atoms with Crippen LogP contribution in [-0.4, -0.2) is 24.9 Å². The molecule has 0 amide bonds. The molecular weight excluding hydrogens is 316 g/mol. The quantitative estimate of drug-likeness (QED) is 0.855. The highest BCUT2D eigenvalue weighted by atomic mass is 16.5. The Morgan fingerprint density at radius 1 is 1.20 bits per heavy atom. The fraction of sp³-hybridized carbons (Fsp3) is 0.429. The van der Waals surface area contributed by atoms with Gasteiger partial charge < -0.3 is 19.0 Å². The minimum Gasteiger partial charge on any atom is -0.497 e. The van der Waals surface area contributed by atoms with E-state index >= 15 is 0 Å². The number of furan rings is 1. The lowest BCUT2D eigenvalue weighted by Gasteiger charge is -2.20. The molecule has 0 saturated carbocycles. The molecule has 1 heterocycles. The lowest BCUT2D eigenvalue weighted by molar-refractivity contribution is 0.0856. The van der Waals surface area contributed by atoms with E-state index in [-0.39, 0.29) is 6.10 Å². The summed E-state index contributed by atoms with van der Waals surface area (Å²) < 4.78 is 17.1. The number of hydrogen-bond acceptors (Lipinski definition) is 4. The summed E-state index contributed by atoms with van der Waals surface area (Å²) in [6, 6.07) is 7.72. The first-order valence-electron chi connectivity index (χ1n) is 8.51. The Labute approximate surface area is 148 Å². The first kappa shape index (κ1) is 17.6. The summed E-state index contributed by atoms with van der Waals surface area (Å²) in [6.07, 6.45) is 2.83. The molecule has 0 spiro atoms. The maximum Gasteiger partial charge on any atom is 0.150 e. The van der Waals surface area contributed by atoms with Crippen LogP contribution in [0.2, 0.25) is 0 Å². The molecule has 4 nitrogen and oxygen atoms in total. The topological polar surface area (TPSA) is 51.8 Å². The van der Waals surface area contributed by atoms with Crippen LogP contribution in [0.15, 0.2) is 28.7 Å². The molecule has 132 valence electrons. The smallest absolute Gasteiger partial charge is 0.150 e. The molecule has 0 fully saturated rings. The van der Waals surface area contributed by atoms with E-state index in [1.54, 1.807) is 28.1 Å². The number of aryl methyl sites for hydroxylation is 1. The number of hydrogen-bond donors (Lipinski definition) is 1. The van der Waals surface area contributed by atoms with Gasteiger partial charge in [0.15, 0.2) is 0 Å². The third-order valence-corrected chi connectivity index (χ3v) is 4.34. The Bertz CT molecular complexity index is 797. The molecule has 4 heteroatoms. The van der Waals surface area contributed by atoms with Gasteiger partial charge in [-0.3, -0.25) is 0 Å². The van der Waals surface area contributed by atoms with Crippen molar-refractivity contribution in [1.29, 1.82) is 0 Å². The predicted molar refractivity (Wildman–Crippen MR) is 96.6 cm³/mol. The van der Waals surface area contributed by atoms with Crippen molar-refractivity contribution in [2.75, 3.05) is 14.2 Å². The molecule has 2 aromatic rings. The van der Waals surface area contributed by atoms with Crippen LogP contribution in [0.4, 0.5) is 0 Å². The number of aliphatic hydroxyl groups is 1. The minimum absolute atomic E-state index is 0.0226. The molecule has 1 aliphatic carbocycles. The number of rotatable bonds is 3. The summed E-state index contributed by atoms with van der Waals surface area (Å²) in [7, 11) is 3.36. The average molecular weight is 340 g/mol. The molecule has 0 aliphatic heterocycles. The Kier molecular flexibility index (Phi) is 4.89. The Morgan fingerprint density at radius 2 is 1.92 bits per heavy atom.